The van der Waals surface area contributed by atoms with Gasteiger partial charge in [-0.05, 0) is 37.1 Å². The quantitative estimate of drug-likeness (QED) is 0.838. The van der Waals surface area contributed by atoms with E-state index in [1.54, 1.807) is 19.1 Å². The van der Waals surface area contributed by atoms with Crippen molar-refractivity contribution in [2.24, 2.45) is 0 Å². The van der Waals surface area contributed by atoms with Crippen LogP contribution in [0.3, 0.4) is 0 Å². The summed E-state index contributed by atoms with van der Waals surface area (Å²) in [6.07, 6.45) is 0. The van der Waals surface area contributed by atoms with Crippen molar-refractivity contribution in [3.8, 4) is 0 Å². The maximum absolute atomic E-state index is 12.8. The lowest BCUT2D eigenvalue weighted by Gasteiger charge is -2.24. The first kappa shape index (κ1) is 11.8. The summed E-state index contributed by atoms with van der Waals surface area (Å²) in [6.45, 7) is 3.71. The Kier molecular flexibility index (Phi) is 2.99. The minimum Gasteiger partial charge on any atom is -0.381 e. The van der Waals surface area contributed by atoms with Gasteiger partial charge in [0.1, 0.15) is 11.4 Å². The predicted molar refractivity (Wildman–Crippen MR) is 66.3 cm³/mol. The second-order valence-electron chi connectivity index (χ2n) is 4.45. The molecule has 0 aromatic heterocycles. The summed E-state index contributed by atoms with van der Waals surface area (Å²) in [4.78, 5) is 0. The summed E-state index contributed by atoms with van der Waals surface area (Å²) < 4.78 is 12.8. The Hall–Kier alpha value is -1.67. The highest BCUT2D eigenvalue weighted by atomic mass is 19.1. The van der Waals surface area contributed by atoms with Gasteiger partial charge in [0.25, 0.3) is 0 Å². The molecule has 0 spiro atoms. The van der Waals surface area contributed by atoms with E-state index in [0.29, 0.717) is 5.56 Å². The van der Waals surface area contributed by atoms with Gasteiger partial charge in [-0.1, -0.05) is 42.0 Å². The molecule has 2 aromatic rings. The number of aryl methyl sites for hydroxylation is 1. The molecule has 2 rings (SSSR count). The zero-order chi connectivity index (χ0) is 12.5. The fourth-order valence-electron chi connectivity index (χ4n) is 1.82. The van der Waals surface area contributed by atoms with Gasteiger partial charge in [-0.3, -0.25) is 0 Å². The summed E-state index contributed by atoms with van der Waals surface area (Å²) >= 11 is 0. The Labute approximate surface area is 101 Å². The van der Waals surface area contributed by atoms with Crippen molar-refractivity contribution in [2.45, 2.75) is 19.4 Å². The van der Waals surface area contributed by atoms with Crippen LogP contribution in [-0.4, -0.2) is 5.11 Å². The van der Waals surface area contributed by atoms with Gasteiger partial charge in [0.15, 0.2) is 0 Å². The fourth-order valence-corrected chi connectivity index (χ4v) is 1.82. The lowest BCUT2D eigenvalue weighted by atomic mass is 9.88. The summed E-state index contributed by atoms with van der Waals surface area (Å²) in [7, 11) is 0. The van der Waals surface area contributed by atoms with Crippen LogP contribution in [0.15, 0.2) is 48.5 Å². The van der Waals surface area contributed by atoms with Gasteiger partial charge in [-0.25, -0.2) is 4.39 Å². The Morgan fingerprint density at radius 1 is 0.882 bits per heavy atom. The molecule has 1 atom stereocenters. The topological polar surface area (TPSA) is 20.2 Å². The molecule has 17 heavy (non-hydrogen) atoms. The number of halogens is 1. The predicted octanol–water partition coefficient (Wildman–Crippen LogP) is 3.39. The average Bonchev–Trinajstić information content (AvgIpc) is 2.30. The molecule has 1 N–H and O–H groups in total. The van der Waals surface area contributed by atoms with Crippen molar-refractivity contribution in [1.29, 1.82) is 0 Å². The van der Waals surface area contributed by atoms with Crippen LogP contribution >= 0.6 is 0 Å². The SMILES string of the molecule is Cc1ccc(C(C)(O)c2ccc(F)cc2)cc1. The molecule has 2 heteroatoms. The van der Waals surface area contributed by atoms with Crippen LogP contribution in [0.25, 0.3) is 0 Å². The van der Waals surface area contributed by atoms with E-state index in [2.05, 4.69) is 0 Å². The Morgan fingerprint density at radius 3 is 1.76 bits per heavy atom. The van der Waals surface area contributed by atoms with E-state index in [1.807, 2.05) is 31.2 Å². The van der Waals surface area contributed by atoms with Crippen LogP contribution < -0.4 is 0 Å². The lowest BCUT2D eigenvalue weighted by Crippen LogP contribution is -2.22. The third-order valence-electron chi connectivity index (χ3n) is 3.02. The van der Waals surface area contributed by atoms with E-state index in [4.69, 9.17) is 0 Å². The van der Waals surface area contributed by atoms with E-state index in [1.165, 1.54) is 12.1 Å². The van der Waals surface area contributed by atoms with Gasteiger partial charge in [0.2, 0.25) is 0 Å². The van der Waals surface area contributed by atoms with Crippen molar-refractivity contribution < 1.29 is 9.50 Å². The third kappa shape index (κ3) is 2.37. The van der Waals surface area contributed by atoms with Crippen LogP contribution in [0.4, 0.5) is 4.39 Å². The van der Waals surface area contributed by atoms with Crippen molar-refractivity contribution in [3.63, 3.8) is 0 Å². The molecule has 2 aromatic carbocycles. The van der Waals surface area contributed by atoms with E-state index in [-0.39, 0.29) is 5.82 Å². The van der Waals surface area contributed by atoms with Crippen molar-refractivity contribution in [2.75, 3.05) is 0 Å². The normalized spacial score (nSPS) is 14.4. The number of aliphatic hydroxyl groups is 1. The zero-order valence-electron chi connectivity index (χ0n) is 9.94. The standard InChI is InChI=1S/C15H15FO/c1-11-3-5-12(6-4-11)15(2,17)13-7-9-14(16)10-8-13/h3-10,17H,1-2H3. The highest BCUT2D eigenvalue weighted by molar-refractivity contribution is 5.36. The average molecular weight is 230 g/mol. The van der Waals surface area contributed by atoms with Crippen molar-refractivity contribution in [3.05, 3.63) is 71.0 Å². The van der Waals surface area contributed by atoms with Gasteiger partial charge in [-0.2, -0.15) is 0 Å². The third-order valence-corrected chi connectivity index (χ3v) is 3.02. The first-order valence-electron chi connectivity index (χ1n) is 5.56. The zero-order valence-corrected chi connectivity index (χ0v) is 9.94. The first-order chi connectivity index (χ1) is 8.00. The monoisotopic (exact) mass is 230 g/mol. The molecule has 0 aliphatic carbocycles. The van der Waals surface area contributed by atoms with E-state index in [9.17, 15) is 9.50 Å². The molecule has 0 aliphatic rings. The van der Waals surface area contributed by atoms with Crippen LogP contribution in [0.5, 0.6) is 0 Å². The minimum atomic E-state index is -1.10. The Morgan fingerprint density at radius 2 is 1.29 bits per heavy atom. The maximum atomic E-state index is 12.8. The molecule has 0 fully saturated rings. The largest absolute Gasteiger partial charge is 0.381 e. The van der Waals surface area contributed by atoms with Gasteiger partial charge in [0, 0.05) is 0 Å². The van der Waals surface area contributed by atoms with Gasteiger partial charge in [-0.15, -0.1) is 0 Å². The van der Waals surface area contributed by atoms with Gasteiger partial charge >= 0.3 is 0 Å². The molecular formula is C15H15FO. The molecule has 0 amide bonds. The van der Waals surface area contributed by atoms with Crippen molar-refractivity contribution >= 4 is 0 Å². The highest BCUT2D eigenvalue weighted by Gasteiger charge is 2.25. The molecular weight excluding hydrogens is 215 g/mol. The molecule has 0 aliphatic heterocycles. The Bertz CT molecular complexity index is 450. The summed E-state index contributed by atoms with van der Waals surface area (Å²) in [5.74, 6) is -0.298. The molecule has 0 saturated heterocycles. The molecule has 0 saturated carbocycles. The van der Waals surface area contributed by atoms with Crippen LogP contribution in [0.2, 0.25) is 0 Å². The van der Waals surface area contributed by atoms with Crippen molar-refractivity contribution in [1.82, 2.24) is 0 Å². The van der Waals surface area contributed by atoms with E-state index >= 15 is 0 Å². The smallest absolute Gasteiger partial charge is 0.123 e. The summed E-state index contributed by atoms with van der Waals surface area (Å²) in [5, 5.41) is 10.5. The first-order valence-corrected chi connectivity index (χ1v) is 5.56. The molecule has 88 valence electrons. The fraction of sp³-hybridized carbons (Fsp3) is 0.200. The molecule has 1 nitrogen and oxygen atoms in total. The summed E-state index contributed by atoms with van der Waals surface area (Å²) in [5.41, 5.74) is 1.53. The van der Waals surface area contributed by atoms with Gasteiger partial charge < -0.3 is 5.11 Å². The number of hydrogen-bond acceptors (Lipinski definition) is 1. The molecule has 0 bridgehead atoms. The second-order valence-corrected chi connectivity index (χ2v) is 4.45. The maximum Gasteiger partial charge on any atom is 0.123 e. The lowest BCUT2D eigenvalue weighted by molar-refractivity contribution is 0.102. The number of hydrogen-bond donors (Lipinski definition) is 1. The summed E-state index contributed by atoms with van der Waals surface area (Å²) in [6, 6.07) is 13.6. The molecule has 1 unspecified atom stereocenters. The second kappa shape index (κ2) is 4.30. The van der Waals surface area contributed by atoms with E-state index in [0.717, 1.165) is 11.1 Å². The number of benzene rings is 2. The molecule has 0 radical (unpaired) electrons. The highest BCUT2D eigenvalue weighted by Crippen LogP contribution is 2.29. The van der Waals surface area contributed by atoms with Crippen LogP contribution in [0.1, 0.15) is 23.6 Å². The van der Waals surface area contributed by atoms with Crippen LogP contribution in [-0.2, 0) is 5.60 Å². The Balaban J connectivity index is 2.41. The molecule has 0 heterocycles. The van der Waals surface area contributed by atoms with E-state index < -0.39 is 5.60 Å². The van der Waals surface area contributed by atoms with Crippen LogP contribution in [0, 0.1) is 12.7 Å². The minimum absolute atomic E-state index is 0.298. The van der Waals surface area contributed by atoms with Gasteiger partial charge in [0.05, 0.1) is 0 Å². The number of rotatable bonds is 2.